The first-order valence-electron chi connectivity index (χ1n) is 7.30. The van der Waals surface area contributed by atoms with Crippen LogP contribution in [0.15, 0.2) is 29.4 Å². The van der Waals surface area contributed by atoms with Gasteiger partial charge in [-0.25, -0.2) is 0 Å². The van der Waals surface area contributed by atoms with Gasteiger partial charge in [-0.05, 0) is 43.2 Å². The van der Waals surface area contributed by atoms with E-state index in [1.54, 1.807) is 24.3 Å². The van der Waals surface area contributed by atoms with Gasteiger partial charge in [0.15, 0.2) is 5.84 Å². The summed E-state index contributed by atoms with van der Waals surface area (Å²) in [6.07, 6.45) is 4.34. The standard InChI is InChI=1S/C16H23N3O2/c1-16(2)9-7-13(8-10-16)18-15(20)12-5-3-11(4-6-12)14(17)19-21/h3-6,13,21H,7-10H2,1-2H3,(H2,17,19)(H,18,20). The van der Waals surface area contributed by atoms with E-state index in [1.807, 2.05) is 0 Å². The molecule has 0 saturated heterocycles. The Balaban J connectivity index is 1.95. The van der Waals surface area contributed by atoms with Crippen molar-refractivity contribution in [1.29, 1.82) is 0 Å². The van der Waals surface area contributed by atoms with E-state index in [1.165, 1.54) is 0 Å². The first kappa shape index (κ1) is 15.4. The molecule has 0 unspecified atom stereocenters. The minimum atomic E-state index is -0.0641. The molecule has 4 N–H and O–H groups in total. The maximum absolute atomic E-state index is 12.2. The highest BCUT2D eigenvalue weighted by Crippen LogP contribution is 2.35. The third kappa shape index (κ3) is 3.97. The number of nitrogens with one attached hydrogen (secondary N) is 1. The molecule has 1 aromatic carbocycles. The van der Waals surface area contributed by atoms with Gasteiger partial charge >= 0.3 is 0 Å². The number of oxime groups is 1. The minimum Gasteiger partial charge on any atom is -0.409 e. The van der Waals surface area contributed by atoms with Gasteiger partial charge in [-0.1, -0.05) is 31.1 Å². The van der Waals surface area contributed by atoms with Crippen LogP contribution in [-0.2, 0) is 0 Å². The lowest BCUT2D eigenvalue weighted by molar-refractivity contribution is 0.0909. The van der Waals surface area contributed by atoms with Gasteiger partial charge in [0.25, 0.3) is 5.91 Å². The van der Waals surface area contributed by atoms with Crippen LogP contribution in [0.1, 0.15) is 55.5 Å². The van der Waals surface area contributed by atoms with Crippen LogP contribution in [0, 0.1) is 5.41 Å². The number of hydrogen-bond donors (Lipinski definition) is 3. The highest BCUT2D eigenvalue weighted by atomic mass is 16.4. The van der Waals surface area contributed by atoms with E-state index in [4.69, 9.17) is 10.9 Å². The minimum absolute atomic E-state index is 0.0384. The summed E-state index contributed by atoms with van der Waals surface area (Å²) in [5, 5.41) is 14.6. The summed E-state index contributed by atoms with van der Waals surface area (Å²) in [6, 6.07) is 6.99. The topological polar surface area (TPSA) is 87.7 Å². The fourth-order valence-corrected chi connectivity index (χ4v) is 2.66. The Labute approximate surface area is 125 Å². The Kier molecular flexibility index (Phi) is 4.50. The molecule has 0 radical (unpaired) electrons. The molecule has 0 aromatic heterocycles. The maximum atomic E-state index is 12.2. The van der Waals surface area contributed by atoms with Crippen LogP contribution in [0.2, 0.25) is 0 Å². The Hall–Kier alpha value is -2.04. The molecule has 1 saturated carbocycles. The molecule has 5 heteroatoms. The van der Waals surface area contributed by atoms with Gasteiger partial charge in [-0.15, -0.1) is 0 Å². The predicted octanol–water partition coefficient (Wildman–Crippen LogP) is 2.48. The van der Waals surface area contributed by atoms with Gasteiger partial charge in [0.1, 0.15) is 0 Å². The van der Waals surface area contributed by atoms with Crippen molar-refractivity contribution in [2.45, 2.75) is 45.6 Å². The van der Waals surface area contributed by atoms with Gasteiger partial charge in [-0.3, -0.25) is 4.79 Å². The molecule has 1 aromatic rings. The zero-order chi connectivity index (χ0) is 15.5. The zero-order valence-corrected chi connectivity index (χ0v) is 12.6. The Morgan fingerprint density at radius 3 is 2.29 bits per heavy atom. The second kappa shape index (κ2) is 6.16. The fraction of sp³-hybridized carbons (Fsp3) is 0.500. The van der Waals surface area contributed by atoms with Crippen molar-refractivity contribution >= 4 is 11.7 Å². The lowest BCUT2D eigenvalue weighted by Crippen LogP contribution is -2.39. The molecule has 2 rings (SSSR count). The molecule has 114 valence electrons. The van der Waals surface area contributed by atoms with Gasteiger partial charge in [-0.2, -0.15) is 0 Å². The molecule has 5 nitrogen and oxygen atoms in total. The molecule has 1 fully saturated rings. The zero-order valence-electron chi connectivity index (χ0n) is 12.6. The van der Waals surface area contributed by atoms with Crippen LogP contribution >= 0.6 is 0 Å². The maximum Gasteiger partial charge on any atom is 0.251 e. The quantitative estimate of drug-likeness (QED) is 0.346. The van der Waals surface area contributed by atoms with E-state index >= 15 is 0 Å². The SMILES string of the molecule is CC1(C)CCC(NC(=O)c2ccc(C(N)=NO)cc2)CC1. The number of hydrogen-bond acceptors (Lipinski definition) is 3. The number of benzene rings is 1. The average Bonchev–Trinajstić information content (AvgIpc) is 2.48. The average molecular weight is 289 g/mol. The van der Waals surface area contributed by atoms with Gasteiger partial charge in [0.2, 0.25) is 0 Å². The molecule has 21 heavy (non-hydrogen) atoms. The largest absolute Gasteiger partial charge is 0.409 e. The Morgan fingerprint density at radius 2 is 1.76 bits per heavy atom. The Morgan fingerprint density at radius 1 is 1.24 bits per heavy atom. The van der Waals surface area contributed by atoms with E-state index < -0.39 is 0 Å². The van der Waals surface area contributed by atoms with Gasteiger partial charge in [0.05, 0.1) is 0 Å². The second-order valence-electron chi connectivity index (χ2n) is 6.47. The molecule has 1 aliphatic rings. The van der Waals surface area contributed by atoms with Crippen molar-refractivity contribution in [2.24, 2.45) is 16.3 Å². The van der Waals surface area contributed by atoms with Crippen molar-refractivity contribution in [3.8, 4) is 0 Å². The fourth-order valence-electron chi connectivity index (χ4n) is 2.66. The molecule has 0 atom stereocenters. The summed E-state index contributed by atoms with van der Waals surface area (Å²) in [7, 11) is 0. The van der Waals surface area contributed by atoms with Crippen molar-refractivity contribution in [3.63, 3.8) is 0 Å². The van der Waals surface area contributed by atoms with Crippen LogP contribution in [0.4, 0.5) is 0 Å². The molecular formula is C16H23N3O2. The normalized spacial score (nSPS) is 19.2. The molecule has 0 spiro atoms. The number of nitrogens with two attached hydrogens (primary N) is 1. The summed E-state index contributed by atoms with van der Waals surface area (Å²) in [6.45, 7) is 4.55. The van der Waals surface area contributed by atoms with E-state index in [9.17, 15) is 4.79 Å². The van der Waals surface area contributed by atoms with Gasteiger partial charge < -0.3 is 16.3 Å². The first-order chi connectivity index (χ1) is 9.91. The monoisotopic (exact) mass is 289 g/mol. The Bertz CT molecular complexity index is 525. The summed E-state index contributed by atoms with van der Waals surface area (Å²) in [4.78, 5) is 12.2. The van der Waals surface area contributed by atoms with Crippen LogP contribution in [0.25, 0.3) is 0 Å². The number of amidine groups is 1. The van der Waals surface area contributed by atoms with Crippen molar-refractivity contribution < 1.29 is 10.0 Å². The highest BCUT2D eigenvalue weighted by molar-refractivity contribution is 5.99. The summed E-state index contributed by atoms with van der Waals surface area (Å²) in [5.41, 5.74) is 7.07. The lowest BCUT2D eigenvalue weighted by atomic mass is 9.75. The van der Waals surface area contributed by atoms with E-state index in [2.05, 4.69) is 24.3 Å². The predicted molar refractivity (Wildman–Crippen MR) is 82.5 cm³/mol. The van der Waals surface area contributed by atoms with Crippen LogP contribution in [0.3, 0.4) is 0 Å². The molecule has 0 bridgehead atoms. The molecule has 1 aliphatic carbocycles. The molecule has 0 heterocycles. The van der Waals surface area contributed by atoms with Gasteiger partial charge in [0, 0.05) is 17.2 Å². The number of carbonyl (C=O) groups is 1. The first-order valence-corrected chi connectivity index (χ1v) is 7.30. The summed E-state index contributed by atoms with van der Waals surface area (Å²) in [5.74, 6) is -0.0257. The van der Waals surface area contributed by atoms with Crippen molar-refractivity contribution in [2.75, 3.05) is 0 Å². The number of rotatable bonds is 3. The van der Waals surface area contributed by atoms with Crippen LogP contribution in [0.5, 0.6) is 0 Å². The van der Waals surface area contributed by atoms with Crippen molar-refractivity contribution in [3.05, 3.63) is 35.4 Å². The number of carbonyl (C=O) groups excluding carboxylic acids is 1. The number of amides is 1. The summed E-state index contributed by atoms with van der Waals surface area (Å²) < 4.78 is 0. The molecule has 1 amide bonds. The summed E-state index contributed by atoms with van der Waals surface area (Å²) >= 11 is 0. The van der Waals surface area contributed by atoms with E-state index in [-0.39, 0.29) is 17.8 Å². The third-order valence-corrected chi connectivity index (χ3v) is 4.22. The van der Waals surface area contributed by atoms with Crippen LogP contribution < -0.4 is 11.1 Å². The molecule has 0 aliphatic heterocycles. The van der Waals surface area contributed by atoms with Crippen molar-refractivity contribution in [1.82, 2.24) is 5.32 Å². The molecular weight excluding hydrogens is 266 g/mol. The highest BCUT2D eigenvalue weighted by Gasteiger charge is 2.27. The number of nitrogens with zero attached hydrogens (tertiary/aromatic N) is 1. The third-order valence-electron chi connectivity index (χ3n) is 4.22. The van der Waals surface area contributed by atoms with E-state index in [0.29, 0.717) is 16.5 Å². The smallest absolute Gasteiger partial charge is 0.251 e. The lowest BCUT2D eigenvalue weighted by Gasteiger charge is -2.34. The second-order valence-corrected chi connectivity index (χ2v) is 6.47. The van der Waals surface area contributed by atoms with E-state index in [0.717, 1.165) is 25.7 Å². The van der Waals surface area contributed by atoms with Crippen LogP contribution in [-0.4, -0.2) is 23.0 Å².